The fourth-order valence-electron chi connectivity index (χ4n) is 2.62. The van der Waals surface area contributed by atoms with Gasteiger partial charge >= 0.3 is 0 Å². The van der Waals surface area contributed by atoms with Gasteiger partial charge < -0.3 is 9.15 Å². The molecule has 1 fully saturated rings. The van der Waals surface area contributed by atoms with Gasteiger partial charge in [0.15, 0.2) is 9.84 Å². The molecule has 2 heterocycles. The molecule has 23 heavy (non-hydrogen) atoms. The quantitative estimate of drug-likeness (QED) is 0.736. The number of rotatable bonds is 6. The van der Waals surface area contributed by atoms with Crippen LogP contribution in [0.1, 0.15) is 17.9 Å². The highest BCUT2D eigenvalue weighted by Crippen LogP contribution is 2.28. The van der Waals surface area contributed by atoms with Gasteiger partial charge in [0.1, 0.15) is 5.75 Å². The summed E-state index contributed by atoms with van der Waals surface area (Å²) in [5, 5.41) is 8.53. The Balaban J connectivity index is 1.57. The van der Waals surface area contributed by atoms with Crippen molar-refractivity contribution in [3.63, 3.8) is 0 Å². The summed E-state index contributed by atoms with van der Waals surface area (Å²) in [6.45, 7) is 0. The summed E-state index contributed by atoms with van der Waals surface area (Å²) in [5.41, 5.74) is 1.06. The summed E-state index contributed by atoms with van der Waals surface area (Å²) in [5.74, 6) is 2.59. The molecule has 1 aliphatic rings. The lowest BCUT2D eigenvalue weighted by Gasteiger charge is -2.05. The predicted molar refractivity (Wildman–Crippen MR) is 87.3 cm³/mol. The Hall–Kier alpha value is -1.54. The lowest BCUT2D eigenvalue weighted by atomic mass is 10.1. The minimum Gasteiger partial charge on any atom is -0.496 e. The molecule has 2 aromatic rings. The van der Waals surface area contributed by atoms with Crippen molar-refractivity contribution in [3.8, 4) is 5.75 Å². The van der Waals surface area contributed by atoms with Crippen LogP contribution in [0.5, 0.6) is 5.75 Å². The van der Waals surface area contributed by atoms with Gasteiger partial charge in [-0.3, -0.25) is 0 Å². The standard InChI is InChI=1S/C15H18N2O4S2/c1-20-13-5-3-2-4-12(13)9-22-15-17-16-14(21-15)8-11-6-7-23(18,19)10-11/h2-5,11H,6-10H2,1H3/t11-/m1/s1. The molecule has 1 atom stereocenters. The first-order valence-corrected chi connectivity index (χ1v) is 10.1. The SMILES string of the molecule is COc1ccccc1CSc1nnc(C[C@H]2CCS(=O)(=O)C2)o1. The molecular weight excluding hydrogens is 336 g/mol. The van der Waals surface area contributed by atoms with Crippen molar-refractivity contribution in [2.75, 3.05) is 18.6 Å². The van der Waals surface area contributed by atoms with Crippen LogP contribution in [0.3, 0.4) is 0 Å². The summed E-state index contributed by atoms with van der Waals surface area (Å²) >= 11 is 1.44. The number of hydrogen-bond acceptors (Lipinski definition) is 7. The molecule has 0 radical (unpaired) electrons. The predicted octanol–water partition coefficient (Wildman–Crippen LogP) is 2.35. The largest absolute Gasteiger partial charge is 0.496 e. The van der Waals surface area contributed by atoms with Gasteiger partial charge in [-0.25, -0.2) is 8.42 Å². The first-order chi connectivity index (χ1) is 11.1. The second-order valence-electron chi connectivity index (χ2n) is 5.54. The normalized spacial score (nSPS) is 19.8. The van der Waals surface area contributed by atoms with Crippen molar-refractivity contribution in [2.24, 2.45) is 5.92 Å². The lowest BCUT2D eigenvalue weighted by molar-refractivity contribution is 0.389. The molecule has 0 bridgehead atoms. The number of nitrogens with zero attached hydrogens (tertiary/aromatic N) is 2. The number of ether oxygens (including phenoxy) is 1. The lowest BCUT2D eigenvalue weighted by Crippen LogP contribution is -2.07. The van der Waals surface area contributed by atoms with E-state index in [0.29, 0.717) is 29.7 Å². The van der Waals surface area contributed by atoms with E-state index in [9.17, 15) is 8.42 Å². The number of benzene rings is 1. The summed E-state index contributed by atoms with van der Waals surface area (Å²) in [6.07, 6.45) is 1.20. The Morgan fingerprint density at radius 2 is 2.17 bits per heavy atom. The maximum absolute atomic E-state index is 11.5. The van der Waals surface area contributed by atoms with E-state index in [-0.39, 0.29) is 17.4 Å². The molecule has 3 rings (SSSR count). The van der Waals surface area contributed by atoms with Crippen LogP contribution in [0.2, 0.25) is 0 Å². The molecule has 124 valence electrons. The third-order valence-corrected chi connectivity index (χ3v) is 6.49. The molecule has 0 saturated carbocycles. The van der Waals surface area contributed by atoms with E-state index in [1.165, 1.54) is 11.8 Å². The van der Waals surface area contributed by atoms with Crippen molar-refractivity contribution in [1.29, 1.82) is 0 Å². The zero-order valence-corrected chi connectivity index (χ0v) is 14.4. The Morgan fingerprint density at radius 1 is 1.35 bits per heavy atom. The van der Waals surface area contributed by atoms with E-state index in [0.717, 1.165) is 11.3 Å². The van der Waals surface area contributed by atoms with Crippen molar-refractivity contribution >= 4 is 21.6 Å². The summed E-state index contributed by atoms with van der Waals surface area (Å²) in [6, 6.07) is 7.79. The summed E-state index contributed by atoms with van der Waals surface area (Å²) in [7, 11) is -1.23. The first kappa shape index (κ1) is 16.3. The van der Waals surface area contributed by atoms with E-state index in [4.69, 9.17) is 9.15 Å². The van der Waals surface area contributed by atoms with Crippen LogP contribution in [0.4, 0.5) is 0 Å². The van der Waals surface area contributed by atoms with Crippen molar-refractivity contribution in [3.05, 3.63) is 35.7 Å². The second kappa shape index (κ2) is 6.92. The van der Waals surface area contributed by atoms with Crippen LogP contribution in [0, 0.1) is 5.92 Å². The maximum Gasteiger partial charge on any atom is 0.276 e. The highest BCUT2D eigenvalue weighted by Gasteiger charge is 2.29. The molecule has 0 aliphatic carbocycles. The molecular formula is C15H18N2O4S2. The zero-order valence-electron chi connectivity index (χ0n) is 12.8. The third-order valence-electron chi connectivity index (χ3n) is 3.78. The van der Waals surface area contributed by atoms with Crippen LogP contribution in [0.15, 0.2) is 33.9 Å². The van der Waals surface area contributed by atoms with Gasteiger partial charge in [-0.05, 0) is 18.4 Å². The van der Waals surface area contributed by atoms with E-state index < -0.39 is 9.84 Å². The minimum absolute atomic E-state index is 0.0903. The molecule has 6 nitrogen and oxygen atoms in total. The van der Waals surface area contributed by atoms with Crippen molar-refractivity contribution < 1.29 is 17.6 Å². The third kappa shape index (κ3) is 4.26. The number of hydrogen-bond donors (Lipinski definition) is 0. The molecule has 8 heteroatoms. The average molecular weight is 354 g/mol. The van der Waals surface area contributed by atoms with Gasteiger partial charge in [-0.15, -0.1) is 10.2 Å². The zero-order chi connectivity index (χ0) is 16.3. The number of thioether (sulfide) groups is 1. The minimum atomic E-state index is -2.87. The number of para-hydroxylation sites is 1. The average Bonchev–Trinajstić information content (AvgIpc) is 3.12. The smallest absolute Gasteiger partial charge is 0.276 e. The van der Waals surface area contributed by atoms with Crippen molar-refractivity contribution in [2.45, 2.75) is 23.8 Å². The topological polar surface area (TPSA) is 82.3 Å². The molecule has 1 saturated heterocycles. The molecule has 1 aliphatic heterocycles. The first-order valence-electron chi connectivity index (χ1n) is 7.33. The van der Waals surface area contributed by atoms with Gasteiger partial charge in [0.25, 0.3) is 5.22 Å². The van der Waals surface area contributed by atoms with Crippen molar-refractivity contribution in [1.82, 2.24) is 10.2 Å². The highest BCUT2D eigenvalue weighted by atomic mass is 32.2. The maximum atomic E-state index is 11.5. The molecule has 0 amide bonds. The Bertz CT molecular complexity index is 773. The summed E-state index contributed by atoms with van der Waals surface area (Å²) in [4.78, 5) is 0. The van der Waals surface area contributed by atoms with Crippen LogP contribution in [0.25, 0.3) is 0 Å². The molecule has 0 spiro atoms. The van der Waals surface area contributed by atoms with E-state index in [2.05, 4.69) is 10.2 Å². The number of methoxy groups -OCH3 is 1. The molecule has 0 N–H and O–H groups in total. The van der Waals surface area contributed by atoms with E-state index in [1.807, 2.05) is 24.3 Å². The molecule has 1 aromatic carbocycles. The molecule has 0 unspecified atom stereocenters. The Labute approximate surface area is 139 Å². The Kier molecular flexibility index (Phi) is 4.91. The monoisotopic (exact) mass is 354 g/mol. The van der Waals surface area contributed by atoms with Gasteiger partial charge in [0.05, 0.1) is 18.6 Å². The highest BCUT2D eigenvalue weighted by molar-refractivity contribution is 7.98. The fraction of sp³-hybridized carbons (Fsp3) is 0.467. The number of sulfone groups is 1. The van der Waals surface area contributed by atoms with E-state index >= 15 is 0 Å². The van der Waals surface area contributed by atoms with Gasteiger partial charge in [-0.1, -0.05) is 30.0 Å². The van der Waals surface area contributed by atoms with Crippen LogP contribution < -0.4 is 4.74 Å². The Morgan fingerprint density at radius 3 is 2.91 bits per heavy atom. The fourth-order valence-corrected chi connectivity index (χ4v) is 5.25. The number of aromatic nitrogens is 2. The summed E-state index contributed by atoms with van der Waals surface area (Å²) < 4.78 is 33.9. The van der Waals surface area contributed by atoms with E-state index in [1.54, 1.807) is 7.11 Å². The molecule has 1 aromatic heterocycles. The van der Waals surface area contributed by atoms with Gasteiger partial charge in [-0.2, -0.15) is 0 Å². The van der Waals surface area contributed by atoms with Crippen LogP contribution in [-0.4, -0.2) is 37.2 Å². The van der Waals surface area contributed by atoms with Gasteiger partial charge in [0, 0.05) is 17.7 Å². The van der Waals surface area contributed by atoms with Crippen LogP contribution >= 0.6 is 11.8 Å². The van der Waals surface area contributed by atoms with Crippen LogP contribution in [-0.2, 0) is 22.0 Å². The van der Waals surface area contributed by atoms with Gasteiger partial charge in [0.2, 0.25) is 5.89 Å². The second-order valence-corrected chi connectivity index (χ2v) is 8.69.